The Balaban J connectivity index is 0.00000420. The number of hydrogen-bond donors (Lipinski definition) is 3. The van der Waals surface area contributed by atoms with E-state index in [1.165, 1.54) is 13.2 Å². The lowest BCUT2D eigenvalue weighted by molar-refractivity contribution is -0.0504. The number of hydrogen-bond acceptors (Lipinski definition) is 4. The molecule has 0 aliphatic carbocycles. The van der Waals surface area contributed by atoms with Crippen LogP contribution in [0.15, 0.2) is 53.5 Å². The number of rotatable bonds is 10. The van der Waals surface area contributed by atoms with Gasteiger partial charge in [0.1, 0.15) is 11.5 Å². The Kier molecular flexibility index (Phi) is 11.8. The zero-order chi connectivity index (χ0) is 20.2. The highest BCUT2D eigenvalue weighted by Gasteiger charge is 2.11. The number of halogens is 3. The molecule has 2 aromatic carbocycles. The van der Waals surface area contributed by atoms with Crippen LogP contribution >= 0.6 is 24.0 Å². The van der Waals surface area contributed by atoms with Crippen molar-refractivity contribution >= 4 is 35.6 Å². The molecular weight excluding hydrogens is 493 g/mol. The first kappa shape index (κ1) is 24.7. The van der Waals surface area contributed by atoms with E-state index in [0.717, 1.165) is 18.7 Å². The molecule has 0 atom stereocenters. The van der Waals surface area contributed by atoms with Crippen LogP contribution < -0.4 is 25.4 Å². The van der Waals surface area contributed by atoms with Crippen molar-refractivity contribution in [2.24, 2.45) is 4.99 Å². The van der Waals surface area contributed by atoms with Crippen molar-refractivity contribution in [2.45, 2.75) is 19.6 Å². The summed E-state index contributed by atoms with van der Waals surface area (Å²) in [5.41, 5.74) is 1.63. The van der Waals surface area contributed by atoms with E-state index in [1.54, 1.807) is 19.2 Å². The first-order chi connectivity index (χ1) is 13.6. The molecule has 0 bridgehead atoms. The van der Waals surface area contributed by atoms with Crippen molar-refractivity contribution in [3.63, 3.8) is 0 Å². The van der Waals surface area contributed by atoms with Crippen molar-refractivity contribution in [1.29, 1.82) is 0 Å². The Hall–Kier alpha value is -2.30. The topological polar surface area (TPSA) is 66.9 Å². The maximum absolute atomic E-state index is 12.6. The highest BCUT2D eigenvalue weighted by atomic mass is 127. The van der Waals surface area contributed by atoms with Crippen molar-refractivity contribution in [2.75, 3.05) is 32.6 Å². The maximum Gasteiger partial charge on any atom is 0.387 e. The highest BCUT2D eigenvalue weighted by Crippen LogP contribution is 2.25. The van der Waals surface area contributed by atoms with Gasteiger partial charge >= 0.3 is 6.61 Å². The van der Waals surface area contributed by atoms with E-state index in [1.807, 2.05) is 30.3 Å². The molecule has 29 heavy (non-hydrogen) atoms. The summed E-state index contributed by atoms with van der Waals surface area (Å²) < 4.78 is 34.9. The van der Waals surface area contributed by atoms with Crippen LogP contribution in [-0.2, 0) is 6.54 Å². The number of nitrogens with one attached hydrogen (secondary N) is 3. The predicted molar refractivity (Wildman–Crippen MR) is 123 cm³/mol. The van der Waals surface area contributed by atoms with Crippen molar-refractivity contribution < 1.29 is 18.3 Å². The number of aliphatic imine (C=N–C) groups is 1. The molecule has 0 unspecified atom stereocenters. The van der Waals surface area contributed by atoms with Gasteiger partial charge in [-0.05, 0) is 36.8 Å². The summed E-state index contributed by atoms with van der Waals surface area (Å²) in [5.74, 6) is 1.24. The second-order valence-corrected chi connectivity index (χ2v) is 5.85. The summed E-state index contributed by atoms with van der Waals surface area (Å²) in [6.45, 7) is -1.10. The molecule has 0 aromatic heterocycles. The highest BCUT2D eigenvalue weighted by molar-refractivity contribution is 14.0. The van der Waals surface area contributed by atoms with Gasteiger partial charge in [-0.25, -0.2) is 0 Å². The molecule has 6 nitrogen and oxygen atoms in total. The normalized spacial score (nSPS) is 10.9. The Morgan fingerprint density at radius 3 is 2.48 bits per heavy atom. The zero-order valence-electron chi connectivity index (χ0n) is 16.5. The average molecular weight is 520 g/mol. The number of anilines is 1. The quantitative estimate of drug-likeness (QED) is 0.191. The molecule has 0 radical (unpaired) electrons. The molecule has 0 saturated carbocycles. The van der Waals surface area contributed by atoms with Gasteiger partial charge in [-0.15, -0.1) is 24.0 Å². The van der Waals surface area contributed by atoms with Crippen LogP contribution in [0, 0.1) is 0 Å². The lowest BCUT2D eigenvalue weighted by Gasteiger charge is -2.15. The van der Waals surface area contributed by atoms with Crippen LogP contribution in [0.3, 0.4) is 0 Å². The third-order valence-corrected chi connectivity index (χ3v) is 3.90. The Morgan fingerprint density at radius 1 is 1.07 bits per heavy atom. The van der Waals surface area contributed by atoms with Crippen molar-refractivity contribution in [3.05, 3.63) is 54.1 Å². The Bertz CT molecular complexity index is 749. The average Bonchev–Trinajstić information content (AvgIpc) is 2.71. The van der Waals surface area contributed by atoms with E-state index in [-0.39, 0.29) is 36.3 Å². The zero-order valence-corrected chi connectivity index (χ0v) is 18.8. The Morgan fingerprint density at radius 2 is 1.83 bits per heavy atom. The largest absolute Gasteiger partial charge is 0.497 e. The van der Waals surface area contributed by atoms with Crippen LogP contribution in [-0.4, -0.2) is 39.8 Å². The van der Waals surface area contributed by atoms with Gasteiger partial charge in [0.05, 0.1) is 7.11 Å². The number of methoxy groups -OCH3 is 1. The maximum atomic E-state index is 12.6. The van der Waals surface area contributed by atoms with Gasteiger partial charge < -0.3 is 25.4 Å². The number of guanidine groups is 1. The van der Waals surface area contributed by atoms with Gasteiger partial charge in [0.2, 0.25) is 0 Å². The third-order valence-electron chi connectivity index (χ3n) is 3.90. The van der Waals surface area contributed by atoms with Gasteiger partial charge in [0.25, 0.3) is 0 Å². The molecule has 9 heteroatoms. The van der Waals surface area contributed by atoms with Gasteiger partial charge in [-0.3, -0.25) is 4.99 Å². The van der Waals surface area contributed by atoms with Crippen LogP contribution in [0.1, 0.15) is 12.0 Å². The minimum atomic E-state index is -2.89. The molecule has 0 amide bonds. The molecule has 3 N–H and O–H groups in total. The smallest absolute Gasteiger partial charge is 0.387 e. The van der Waals surface area contributed by atoms with E-state index in [2.05, 4.69) is 25.7 Å². The first-order valence-electron chi connectivity index (χ1n) is 8.97. The Labute approximate surface area is 187 Å². The molecule has 0 aliphatic rings. The number of alkyl halides is 2. The summed E-state index contributed by atoms with van der Waals surface area (Å²) in [7, 11) is 3.17. The predicted octanol–water partition coefficient (Wildman–Crippen LogP) is 4.08. The molecule has 2 rings (SSSR count). The van der Waals surface area contributed by atoms with E-state index in [0.29, 0.717) is 23.8 Å². The molecule has 0 spiro atoms. The van der Waals surface area contributed by atoms with Crippen LogP contribution in [0.25, 0.3) is 0 Å². The molecule has 0 fully saturated rings. The molecule has 0 aliphatic heterocycles. The van der Waals surface area contributed by atoms with Crippen molar-refractivity contribution in [1.82, 2.24) is 10.6 Å². The molecule has 2 aromatic rings. The lowest BCUT2D eigenvalue weighted by Crippen LogP contribution is -2.37. The van der Waals surface area contributed by atoms with Crippen LogP contribution in [0.4, 0.5) is 14.5 Å². The third kappa shape index (κ3) is 9.16. The summed E-state index contributed by atoms with van der Waals surface area (Å²) in [6, 6.07) is 14.7. The fourth-order valence-corrected chi connectivity index (χ4v) is 2.52. The van der Waals surface area contributed by atoms with Gasteiger partial charge in [0.15, 0.2) is 5.96 Å². The second-order valence-electron chi connectivity index (χ2n) is 5.85. The van der Waals surface area contributed by atoms with Crippen LogP contribution in [0.2, 0.25) is 0 Å². The van der Waals surface area contributed by atoms with Crippen LogP contribution in [0.5, 0.6) is 11.5 Å². The molecule has 160 valence electrons. The van der Waals surface area contributed by atoms with E-state index < -0.39 is 6.61 Å². The summed E-state index contributed by atoms with van der Waals surface area (Å²) in [4.78, 5) is 4.15. The summed E-state index contributed by atoms with van der Waals surface area (Å²) in [6.07, 6.45) is 0.883. The minimum absolute atomic E-state index is 0. The van der Waals surface area contributed by atoms with E-state index >= 15 is 0 Å². The van der Waals surface area contributed by atoms with Gasteiger partial charge in [0, 0.05) is 37.9 Å². The SMILES string of the molecule is CN=C(NCCCNc1ccccc1)NCc1cc(OC)ccc1OC(F)F.I. The second kappa shape index (κ2) is 13.8. The number of para-hydroxylation sites is 1. The standard InChI is InChI=1S/C20H26F2N4O2.HI/c1-23-20(25-12-6-11-24-16-7-4-3-5-8-16)26-14-15-13-17(27-2)9-10-18(15)28-19(21)22;/h3-5,7-10,13,19,24H,6,11-12,14H2,1-2H3,(H2,23,25,26);1H. The monoisotopic (exact) mass is 520 g/mol. The van der Waals surface area contributed by atoms with Gasteiger partial charge in [-0.1, -0.05) is 18.2 Å². The number of ether oxygens (including phenoxy) is 2. The van der Waals surface area contributed by atoms with Gasteiger partial charge in [-0.2, -0.15) is 8.78 Å². The minimum Gasteiger partial charge on any atom is -0.497 e. The molecule has 0 heterocycles. The summed E-state index contributed by atoms with van der Waals surface area (Å²) >= 11 is 0. The summed E-state index contributed by atoms with van der Waals surface area (Å²) in [5, 5.41) is 9.62. The molecular formula is C20H27F2IN4O2. The molecule has 0 saturated heterocycles. The fourth-order valence-electron chi connectivity index (χ4n) is 2.52. The number of nitrogens with zero attached hydrogens (tertiary/aromatic N) is 1. The van der Waals surface area contributed by atoms with E-state index in [4.69, 9.17) is 4.74 Å². The first-order valence-corrected chi connectivity index (χ1v) is 8.97. The van der Waals surface area contributed by atoms with E-state index in [9.17, 15) is 8.78 Å². The number of benzene rings is 2. The fraction of sp³-hybridized carbons (Fsp3) is 0.350. The van der Waals surface area contributed by atoms with Crippen molar-refractivity contribution in [3.8, 4) is 11.5 Å². The lowest BCUT2D eigenvalue weighted by atomic mass is 10.2.